The third-order valence-electron chi connectivity index (χ3n) is 32.2. The number of nitrogens with zero attached hydrogens (tertiary/aromatic N) is 4. The molecule has 0 fully saturated rings. The third-order valence-corrected chi connectivity index (χ3v) is 35.3. The molecule has 680 valence electrons. The quantitative estimate of drug-likeness (QED) is 0.141. The van der Waals surface area contributed by atoms with Gasteiger partial charge in [0.05, 0.1) is 38.3 Å². The van der Waals surface area contributed by atoms with Crippen molar-refractivity contribution in [1.29, 1.82) is 0 Å². The lowest BCUT2D eigenvalue weighted by Gasteiger charge is -2.31. The molecule has 146 heavy (non-hydrogen) atoms. The van der Waals surface area contributed by atoms with Gasteiger partial charge in [-0.15, -0.1) is 0 Å². The fraction of sp³-hybridized carbons (Fsp3) is 0.0219. The van der Waals surface area contributed by atoms with Crippen LogP contribution in [0.4, 0.5) is 0 Å². The van der Waals surface area contributed by atoms with Crippen LogP contribution in [0.15, 0.2) is 517 Å². The maximum atomic E-state index is 16.0. The van der Waals surface area contributed by atoms with Crippen LogP contribution >= 0.6 is 7.14 Å². The summed E-state index contributed by atoms with van der Waals surface area (Å²) in [5, 5.41) is 9.51. The molecular formula is C137H83N4O4P. The van der Waals surface area contributed by atoms with E-state index in [4.69, 9.17) is 23.2 Å². The molecule has 5 heterocycles. The van der Waals surface area contributed by atoms with Gasteiger partial charge in [-0.1, -0.05) is 419 Å². The lowest BCUT2D eigenvalue weighted by molar-refractivity contribution is 0.592. The number of hydrogen-bond acceptors (Lipinski definition) is 6. The van der Waals surface area contributed by atoms with Gasteiger partial charge in [-0.3, -0.25) is 9.13 Å². The number of furan rings is 3. The van der Waals surface area contributed by atoms with E-state index < -0.39 is 23.4 Å². The van der Waals surface area contributed by atoms with Gasteiger partial charge in [0.1, 0.15) is 45.1 Å². The van der Waals surface area contributed by atoms with Gasteiger partial charge in [-0.05, 0) is 230 Å². The first-order valence-corrected chi connectivity index (χ1v) is 51.8. The summed E-state index contributed by atoms with van der Waals surface area (Å²) in [6.07, 6.45) is 0. The van der Waals surface area contributed by atoms with E-state index in [1.807, 2.05) is 66.7 Å². The Bertz CT molecular complexity index is 10200. The Morgan fingerprint density at radius 2 is 0.500 bits per heavy atom. The van der Waals surface area contributed by atoms with E-state index in [2.05, 4.69) is 446 Å². The van der Waals surface area contributed by atoms with E-state index in [-0.39, 0.29) is 0 Å². The molecule has 8 nitrogen and oxygen atoms in total. The Balaban J connectivity index is 0.0000000998. The van der Waals surface area contributed by atoms with E-state index in [0.717, 1.165) is 138 Å². The molecule has 5 aromatic heterocycles. The minimum atomic E-state index is -3.29. The lowest BCUT2D eigenvalue weighted by atomic mass is 9.69. The maximum absolute atomic E-state index is 16.0. The second-order valence-corrected chi connectivity index (χ2v) is 41.8. The van der Waals surface area contributed by atoms with Crippen molar-refractivity contribution in [2.24, 2.45) is 0 Å². The first-order chi connectivity index (χ1) is 72.4. The zero-order chi connectivity index (χ0) is 95.8. The first-order valence-electron chi connectivity index (χ1n) is 50.1. The Labute approximate surface area is 840 Å². The summed E-state index contributed by atoms with van der Waals surface area (Å²) in [6.45, 7) is 0. The summed E-state index contributed by atoms with van der Waals surface area (Å²) in [5.74, 6) is 1.88. The van der Waals surface area contributed by atoms with Gasteiger partial charge in [0.2, 0.25) is 0 Å². The maximum Gasteiger partial charge on any atom is 0.171 e. The molecule has 27 aromatic rings. The highest BCUT2D eigenvalue weighted by Crippen LogP contribution is 2.71. The van der Waals surface area contributed by atoms with E-state index in [1.165, 1.54) is 144 Å². The van der Waals surface area contributed by atoms with Crippen molar-refractivity contribution >= 4 is 111 Å². The number of para-hydroxylation sites is 9. The molecule has 0 radical (unpaired) electrons. The zero-order valence-electron chi connectivity index (χ0n) is 78.8. The molecule has 0 bridgehead atoms. The molecule has 3 spiro atoms. The molecule has 0 saturated heterocycles. The van der Waals surface area contributed by atoms with Gasteiger partial charge >= 0.3 is 0 Å². The summed E-state index contributed by atoms with van der Waals surface area (Å²) in [5.41, 5.74) is 44.9. The normalized spacial score (nSPS) is 15.6. The van der Waals surface area contributed by atoms with Crippen LogP contribution in [0.1, 0.15) is 66.8 Å². The molecule has 9 heteroatoms. The molecule has 0 aliphatic heterocycles. The van der Waals surface area contributed by atoms with Gasteiger partial charge < -0.3 is 17.8 Å². The van der Waals surface area contributed by atoms with Crippen molar-refractivity contribution in [2.45, 2.75) is 16.2 Å². The standard InChI is InChI=1S/C50H30N2O.C44H26N2O.C43H27O2P/c1-2-13-33(14-3-1)52-43-23-10-9-22-42(43)51-49(52)32-27-25-31(26-28-32)34-18-12-21-41-46(34)37-16-5-8-20-40(37)50(41)39-19-7-4-15-35(39)36-29-30-45-47(48(36)50)38-17-6-11-24-44(38)53-45;1-2-13-27(14-3-1)46-37-23-10-9-22-36(37)45-43(46)32-18-12-21-35-40(32)30-16-5-8-20-34(30)44(35)33-19-7-4-15-28(33)29-25-26-39-41(42(29)44)31-17-6-11-24-38(31)47-39;44-46(28-14-3-1-4-15-28,29-16-5-2-6-17-29)39-25-13-23-36-40(39)32-19-8-11-22-35(32)43(36)34-21-10-7-18-30(34)31-26-27-38-41(42(31)43)33-20-9-12-24-37(33)45-38/h1-30H;1-26H;1-27H. The van der Waals surface area contributed by atoms with Crippen LogP contribution in [0.5, 0.6) is 0 Å². The summed E-state index contributed by atoms with van der Waals surface area (Å²) in [7, 11) is -3.29. The average molecular weight is 1880 g/mol. The minimum absolute atomic E-state index is 0.500. The molecular weight excluding hydrogens is 1800 g/mol. The van der Waals surface area contributed by atoms with E-state index in [9.17, 15) is 0 Å². The number of aromatic nitrogens is 4. The fourth-order valence-corrected chi connectivity index (χ4v) is 29.7. The monoisotopic (exact) mass is 1880 g/mol. The highest BCUT2D eigenvalue weighted by molar-refractivity contribution is 7.85. The number of imidazole rings is 2. The van der Waals surface area contributed by atoms with Crippen LogP contribution in [0.2, 0.25) is 0 Å². The summed E-state index contributed by atoms with van der Waals surface area (Å²) >= 11 is 0. The van der Waals surface area contributed by atoms with Crippen LogP contribution in [0.3, 0.4) is 0 Å². The predicted molar refractivity (Wildman–Crippen MR) is 595 cm³/mol. The Kier molecular flexibility index (Phi) is 17.6. The first kappa shape index (κ1) is 82.2. The van der Waals surface area contributed by atoms with Gasteiger partial charge in [0.15, 0.2) is 7.14 Å². The lowest BCUT2D eigenvalue weighted by Crippen LogP contribution is -2.29. The number of hydrogen-bond donors (Lipinski definition) is 0. The van der Waals surface area contributed by atoms with E-state index >= 15 is 4.57 Å². The van der Waals surface area contributed by atoms with Crippen molar-refractivity contribution in [3.05, 3.63) is 570 Å². The second kappa shape index (κ2) is 31.2. The van der Waals surface area contributed by atoms with Crippen LogP contribution in [-0.4, -0.2) is 19.1 Å². The fourth-order valence-electron chi connectivity index (χ4n) is 26.8. The van der Waals surface area contributed by atoms with Crippen molar-refractivity contribution < 1.29 is 17.8 Å². The Hall–Kier alpha value is -18.6. The van der Waals surface area contributed by atoms with Crippen molar-refractivity contribution in [1.82, 2.24) is 19.1 Å². The molecule has 3 atom stereocenters. The van der Waals surface area contributed by atoms with Gasteiger partial charge in [0.25, 0.3) is 0 Å². The minimum Gasteiger partial charge on any atom is -0.456 e. The smallest absolute Gasteiger partial charge is 0.171 e. The van der Waals surface area contributed by atoms with Crippen LogP contribution in [-0.2, 0) is 20.8 Å². The van der Waals surface area contributed by atoms with Gasteiger partial charge in [-0.25, -0.2) is 9.97 Å². The summed E-state index contributed by atoms with van der Waals surface area (Å²) in [4.78, 5) is 10.5. The van der Waals surface area contributed by atoms with Crippen molar-refractivity contribution in [3.63, 3.8) is 0 Å². The molecule has 0 N–H and O–H groups in total. The number of rotatable bonds is 8. The topological polar surface area (TPSA) is 92.1 Å². The van der Waals surface area contributed by atoms with Crippen molar-refractivity contribution in [3.8, 4) is 112 Å². The molecule has 22 aromatic carbocycles. The molecule has 3 unspecified atom stereocenters. The molecule has 6 aliphatic rings. The van der Waals surface area contributed by atoms with Gasteiger partial charge in [-0.2, -0.15) is 0 Å². The third kappa shape index (κ3) is 11.0. The Morgan fingerprint density at radius 1 is 0.205 bits per heavy atom. The highest BCUT2D eigenvalue weighted by atomic mass is 31.2. The molecule has 33 rings (SSSR count). The number of benzene rings is 22. The summed E-state index contributed by atoms with van der Waals surface area (Å²) in [6, 6.07) is 179. The zero-order valence-corrected chi connectivity index (χ0v) is 79.7. The SMILES string of the molecule is O=P(c1ccccc1)(c1ccccc1)c1cccc2c1-c1ccccc1C21c2ccccc2-c2ccc3oc4ccccc4c3c21.c1ccc(-n2c(-c3ccc(-c4cccc5c4-c4ccccc4C54c5ccccc5-c5ccc6oc7ccccc7c6c54)cc3)nc3ccccc32)cc1.c1ccc(-n2c(-c3cccc4c3-c3ccccc3C43c4ccccc4-c4ccc5oc6ccccc6c5c43)nc3ccccc32)cc1. The number of fused-ring (bicyclic) bond motifs is 44. The average Bonchev–Trinajstić information content (AvgIpc) is 1.50. The molecule has 0 amide bonds. The second-order valence-electron chi connectivity index (χ2n) is 39.1. The largest absolute Gasteiger partial charge is 0.456 e. The van der Waals surface area contributed by atoms with E-state index in [0.29, 0.717) is 0 Å². The summed E-state index contributed by atoms with van der Waals surface area (Å²) < 4.78 is 40.2. The van der Waals surface area contributed by atoms with E-state index in [1.54, 1.807) is 0 Å². The van der Waals surface area contributed by atoms with Crippen LogP contribution < -0.4 is 15.9 Å². The van der Waals surface area contributed by atoms with Gasteiger partial charge in [0, 0.05) is 70.7 Å². The molecule has 6 aliphatic carbocycles. The molecule has 0 saturated carbocycles. The van der Waals surface area contributed by atoms with Crippen LogP contribution in [0.25, 0.3) is 200 Å². The predicted octanol–water partition coefficient (Wildman–Crippen LogP) is 33.1. The van der Waals surface area contributed by atoms with Crippen LogP contribution in [0, 0.1) is 0 Å². The highest BCUT2D eigenvalue weighted by Gasteiger charge is 2.58. The Morgan fingerprint density at radius 3 is 0.925 bits per heavy atom. The van der Waals surface area contributed by atoms with Crippen molar-refractivity contribution in [2.75, 3.05) is 0 Å².